The molecule has 3 rings (SSSR count). The highest BCUT2D eigenvalue weighted by Gasteiger charge is 2.39. The summed E-state index contributed by atoms with van der Waals surface area (Å²) in [5.41, 5.74) is 1.59. The van der Waals surface area contributed by atoms with Gasteiger partial charge in [-0.3, -0.25) is 9.59 Å². The molecule has 28 heavy (non-hydrogen) atoms. The minimum atomic E-state index is -3.82. The second-order valence-electron chi connectivity index (χ2n) is 7.20. The number of sulfonamides is 1. The van der Waals surface area contributed by atoms with Crippen molar-refractivity contribution in [1.82, 2.24) is 5.32 Å². The normalized spacial score (nSPS) is 19.5. The van der Waals surface area contributed by atoms with E-state index < -0.39 is 16.1 Å². The molecule has 1 aliphatic carbocycles. The van der Waals surface area contributed by atoms with Gasteiger partial charge in [0.25, 0.3) is 5.91 Å². The van der Waals surface area contributed by atoms with E-state index in [0.29, 0.717) is 22.7 Å². The second kappa shape index (κ2) is 7.73. The Bertz CT molecular complexity index is 1020. The first kappa shape index (κ1) is 20.0. The second-order valence-corrected chi connectivity index (χ2v) is 8.76. The lowest BCUT2D eigenvalue weighted by atomic mass is 10.1. The molecular weight excluding hydrogens is 378 g/mol. The number of rotatable bonds is 6. The van der Waals surface area contributed by atoms with Gasteiger partial charge in [0.1, 0.15) is 0 Å². The number of benzene rings is 2. The summed E-state index contributed by atoms with van der Waals surface area (Å²) in [6.45, 7) is 3.78. The van der Waals surface area contributed by atoms with E-state index in [4.69, 9.17) is 5.14 Å². The fraction of sp³-hybridized carbons (Fsp3) is 0.300. The molecule has 3 atom stereocenters. The van der Waals surface area contributed by atoms with Crippen LogP contribution in [0.4, 0.5) is 5.69 Å². The van der Waals surface area contributed by atoms with E-state index in [1.807, 2.05) is 6.92 Å². The summed E-state index contributed by atoms with van der Waals surface area (Å²) in [4.78, 5) is 24.6. The van der Waals surface area contributed by atoms with Gasteiger partial charge in [-0.2, -0.15) is 0 Å². The van der Waals surface area contributed by atoms with E-state index in [9.17, 15) is 18.0 Å². The van der Waals surface area contributed by atoms with E-state index in [2.05, 4.69) is 10.6 Å². The minimum Gasteiger partial charge on any atom is -0.346 e. The van der Waals surface area contributed by atoms with Gasteiger partial charge >= 0.3 is 0 Å². The monoisotopic (exact) mass is 401 g/mol. The van der Waals surface area contributed by atoms with Crippen LogP contribution in [0.3, 0.4) is 0 Å². The van der Waals surface area contributed by atoms with Crippen molar-refractivity contribution in [3.05, 3.63) is 59.7 Å². The quantitative estimate of drug-likeness (QED) is 0.689. The van der Waals surface area contributed by atoms with Crippen LogP contribution < -0.4 is 15.8 Å². The predicted octanol–water partition coefficient (Wildman–Crippen LogP) is 2.42. The Balaban J connectivity index is 1.69. The molecule has 2 amide bonds. The highest BCUT2D eigenvalue weighted by Crippen LogP contribution is 2.38. The van der Waals surface area contributed by atoms with Crippen molar-refractivity contribution in [2.24, 2.45) is 17.0 Å². The zero-order valence-electron chi connectivity index (χ0n) is 15.7. The minimum absolute atomic E-state index is 0.00915. The maximum absolute atomic E-state index is 12.6. The van der Waals surface area contributed by atoms with Gasteiger partial charge in [-0.15, -0.1) is 0 Å². The summed E-state index contributed by atoms with van der Waals surface area (Å²) < 4.78 is 23.0. The molecule has 7 nitrogen and oxygen atoms in total. The van der Waals surface area contributed by atoms with Crippen molar-refractivity contribution in [2.45, 2.75) is 31.2 Å². The molecule has 0 spiro atoms. The number of carbonyl (C=O) groups excluding carboxylic acids is 2. The summed E-state index contributed by atoms with van der Waals surface area (Å²) in [5, 5.41) is 10.8. The van der Waals surface area contributed by atoms with Gasteiger partial charge < -0.3 is 10.6 Å². The molecule has 0 saturated heterocycles. The number of hydrogen-bond acceptors (Lipinski definition) is 4. The average molecular weight is 401 g/mol. The van der Waals surface area contributed by atoms with Gasteiger partial charge in [0.05, 0.1) is 10.9 Å². The van der Waals surface area contributed by atoms with Gasteiger partial charge in [0.2, 0.25) is 15.9 Å². The lowest BCUT2D eigenvalue weighted by Gasteiger charge is -2.15. The maximum atomic E-state index is 12.6. The largest absolute Gasteiger partial charge is 0.346 e. The number of nitrogens with one attached hydrogen (secondary N) is 2. The van der Waals surface area contributed by atoms with Crippen molar-refractivity contribution < 1.29 is 18.0 Å². The van der Waals surface area contributed by atoms with Gasteiger partial charge in [-0.1, -0.05) is 25.1 Å². The van der Waals surface area contributed by atoms with Crippen molar-refractivity contribution >= 4 is 27.5 Å². The summed E-state index contributed by atoms with van der Waals surface area (Å²) >= 11 is 0. The first-order chi connectivity index (χ1) is 13.1. The van der Waals surface area contributed by atoms with E-state index in [0.717, 1.165) is 6.42 Å². The molecule has 3 unspecified atom stereocenters. The molecule has 0 bridgehead atoms. The molecule has 1 aliphatic rings. The SMILES string of the molecule is CC(NC(=O)c1cccc(NC(=O)C2CC2C)c1)c1cccc(S(N)(=O)=O)c1. The predicted molar refractivity (Wildman–Crippen MR) is 106 cm³/mol. The topological polar surface area (TPSA) is 118 Å². The molecule has 1 fully saturated rings. The number of anilines is 1. The Morgan fingerprint density at radius 1 is 1.14 bits per heavy atom. The molecule has 4 N–H and O–H groups in total. The third kappa shape index (κ3) is 4.76. The number of nitrogens with two attached hydrogens (primary N) is 1. The van der Waals surface area contributed by atoms with Crippen LogP contribution in [-0.2, 0) is 14.8 Å². The highest BCUT2D eigenvalue weighted by atomic mass is 32.2. The third-order valence-electron chi connectivity index (χ3n) is 4.87. The van der Waals surface area contributed by atoms with Crippen LogP contribution in [-0.4, -0.2) is 20.2 Å². The zero-order chi connectivity index (χ0) is 20.5. The molecule has 2 aromatic carbocycles. The van der Waals surface area contributed by atoms with E-state index in [1.165, 1.54) is 12.1 Å². The smallest absolute Gasteiger partial charge is 0.251 e. The van der Waals surface area contributed by atoms with Crippen molar-refractivity contribution in [2.75, 3.05) is 5.32 Å². The molecular formula is C20H23N3O4S. The third-order valence-corrected chi connectivity index (χ3v) is 5.78. The van der Waals surface area contributed by atoms with E-state index >= 15 is 0 Å². The summed E-state index contributed by atoms with van der Waals surface area (Å²) in [7, 11) is -3.82. The summed E-state index contributed by atoms with van der Waals surface area (Å²) in [6.07, 6.45) is 0.890. The number of primary sulfonamides is 1. The number of carbonyl (C=O) groups is 2. The van der Waals surface area contributed by atoms with E-state index in [1.54, 1.807) is 43.3 Å². The number of hydrogen-bond donors (Lipinski definition) is 3. The average Bonchev–Trinajstić information content (AvgIpc) is 3.38. The summed E-state index contributed by atoms with van der Waals surface area (Å²) in [5.74, 6) is 0.0895. The van der Waals surface area contributed by atoms with Crippen LogP contribution in [0.1, 0.15) is 42.2 Å². The molecule has 2 aromatic rings. The molecule has 1 saturated carbocycles. The summed E-state index contributed by atoms with van der Waals surface area (Å²) in [6, 6.07) is 12.4. The van der Waals surface area contributed by atoms with E-state index in [-0.39, 0.29) is 22.6 Å². The lowest BCUT2D eigenvalue weighted by molar-refractivity contribution is -0.117. The number of amides is 2. The molecule has 8 heteroatoms. The van der Waals surface area contributed by atoms with Gasteiger partial charge in [0.15, 0.2) is 0 Å². The van der Waals surface area contributed by atoms with Crippen molar-refractivity contribution in [1.29, 1.82) is 0 Å². The van der Waals surface area contributed by atoms with Crippen LogP contribution in [0.25, 0.3) is 0 Å². The first-order valence-corrected chi connectivity index (χ1v) is 10.5. The van der Waals surface area contributed by atoms with Crippen molar-refractivity contribution in [3.63, 3.8) is 0 Å². The fourth-order valence-corrected chi connectivity index (χ4v) is 3.55. The lowest BCUT2D eigenvalue weighted by Crippen LogP contribution is -2.27. The van der Waals surface area contributed by atoms with Crippen LogP contribution in [0.2, 0.25) is 0 Å². The molecule has 0 radical (unpaired) electrons. The zero-order valence-corrected chi connectivity index (χ0v) is 16.5. The van der Waals surface area contributed by atoms with Crippen LogP contribution in [0.15, 0.2) is 53.4 Å². The Hall–Kier alpha value is -2.71. The standard InChI is InChI=1S/C20H23N3O4S/c1-12-9-18(12)20(25)23-16-7-3-6-15(10-16)19(24)22-13(2)14-5-4-8-17(11-14)28(21,26)27/h3-8,10-13,18H,9H2,1-2H3,(H,22,24)(H,23,25)(H2,21,26,27). The van der Waals surface area contributed by atoms with Crippen LogP contribution in [0, 0.1) is 11.8 Å². The molecule has 0 heterocycles. The molecule has 0 aromatic heterocycles. The Morgan fingerprint density at radius 2 is 1.82 bits per heavy atom. The van der Waals surface area contributed by atoms with Crippen molar-refractivity contribution in [3.8, 4) is 0 Å². The molecule has 148 valence electrons. The Labute approximate surface area is 164 Å². The molecule has 0 aliphatic heterocycles. The maximum Gasteiger partial charge on any atom is 0.251 e. The highest BCUT2D eigenvalue weighted by molar-refractivity contribution is 7.89. The Morgan fingerprint density at radius 3 is 2.46 bits per heavy atom. The van der Waals surface area contributed by atoms with Crippen LogP contribution >= 0.6 is 0 Å². The van der Waals surface area contributed by atoms with Gasteiger partial charge in [0, 0.05) is 17.2 Å². The van der Waals surface area contributed by atoms with Gasteiger partial charge in [-0.05, 0) is 55.2 Å². The van der Waals surface area contributed by atoms with Crippen LogP contribution in [0.5, 0.6) is 0 Å². The Kier molecular flexibility index (Phi) is 5.53. The first-order valence-electron chi connectivity index (χ1n) is 8.99. The fourth-order valence-electron chi connectivity index (χ4n) is 2.98. The van der Waals surface area contributed by atoms with Gasteiger partial charge in [-0.25, -0.2) is 13.6 Å².